The van der Waals surface area contributed by atoms with Gasteiger partial charge in [-0.1, -0.05) is 44.0 Å². The van der Waals surface area contributed by atoms with Crippen LogP contribution in [0.15, 0.2) is 18.2 Å². The second-order valence-electron chi connectivity index (χ2n) is 6.01. The number of nitrogens with two attached hydrogens (primary N) is 1. The van der Waals surface area contributed by atoms with Crippen molar-refractivity contribution in [1.29, 1.82) is 0 Å². The number of rotatable bonds is 6. The molecule has 0 aliphatic carbocycles. The van der Waals surface area contributed by atoms with Gasteiger partial charge in [-0.05, 0) is 43.2 Å². The summed E-state index contributed by atoms with van der Waals surface area (Å²) in [6.07, 6.45) is 5.81. The molecule has 20 heavy (non-hydrogen) atoms. The van der Waals surface area contributed by atoms with Crippen molar-refractivity contribution >= 4 is 17.3 Å². The fourth-order valence-electron chi connectivity index (χ4n) is 3.19. The number of hydrogen-bond donors (Lipinski definition) is 1. The number of hydrogen-bond acceptors (Lipinski definition) is 2. The van der Waals surface area contributed by atoms with E-state index in [1.807, 2.05) is 12.1 Å². The van der Waals surface area contributed by atoms with Crippen LogP contribution in [0.4, 0.5) is 5.69 Å². The molecular formula is C17H27ClN2. The van der Waals surface area contributed by atoms with Crippen LogP contribution in [0.3, 0.4) is 0 Å². The highest BCUT2D eigenvalue weighted by Crippen LogP contribution is 2.35. The zero-order chi connectivity index (χ0) is 14.5. The topological polar surface area (TPSA) is 29.3 Å². The summed E-state index contributed by atoms with van der Waals surface area (Å²) in [7, 11) is 0. The smallest absolute Gasteiger partial charge is 0.0642 e. The fraction of sp³-hybridized carbons (Fsp3) is 0.647. The first-order chi connectivity index (χ1) is 9.65. The Balaban J connectivity index is 2.18. The number of anilines is 1. The van der Waals surface area contributed by atoms with Gasteiger partial charge in [-0.25, -0.2) is 0 Å². The van der Waals surface area contributed by atoms with Gasteiger partial charge in [-0.2, -0.15) is 0 Å². The predicted molar refractivity (Wildman–Crippen MR) is 88.7 cm³/mol. The third-order valence-corrected chi connectivity index (χ3v) is 4.68. The van der Waals surface area contributed by atoms with E-state index in [1.54, 1.807) is 0 Å². The van der Waals surface area contributed by atoms with Crippen LogP contribution >= 0.6 is 11.6 Å². The molecule has 1 heterocycles. The van der Waals surface area contributed by atoms with E-state index in [0.717, 1.165) is 36.9 Å². The lowest BCUT2D eigenvalue weighted by atomic mass is 10.0. The minimum Gasteiger partial charge on any atom is -0.370 e. The summed E-state index contributed by atoms with van der Waals surface area (Å²) in [6, 6.07) is 6.46. The molecule has 1 aromatic rings. The number of halogens is 1. The Labute approximate surface area is 128 Å². The van der Waals surface area contributed by atoms with Gasteiger partial charge in [-0.3, -0.25) is 0 Å². The molecule has 0 saturated carbocycles. The largest absolute Gasteiger partial charge is 0.370 e. The van der Waals surface area contributed by atoms with Crippen molar-refractivity contribution in [2.24, 2.45) is 11.7 Å². The first-order valence-corrected chi connectivity index (χ1v) is 8.31. The second kappa shape index (κ2) is 7.33. The molecular weight excluding hydrogens is 268 g/mol. The van der Waals surface area contributed by atoms with E-state index in [1.165, 1.54) is 30.5 Å². The van der Waals surface area contributed by atoms with Gasteiger partial charge in [0.2, 0.25) is 0 Å². The van der Waals surface area contributed by atoms with Crippen LogP contribution in [0.1, 0.15) is 45.1 Å². The molecule has 0 bridgehead atoms. The molecule has 2 N–H and O–H groups in total. The first-order valence-electron chi connectivity index (χ1n) is 7.93. The van der Waals surface area contributed by atoms with Gasteiger partial charge in [0.05, 0.1) is 10.7 Å². The van der Waals surface area contributed by atoms with Crippen LogP contribution in [0.25, 0.3) is 0 Å². The van der Waals surface area contributed by atoms with E-state index in [0.29, 0.717) is 0 Å². The zero-order valence-electron chi connectivity index (χ0n) is 12.7. The maximum absolute atomic E-state index is 6.48. The third kappa shape index (κ3) is 3.67. The molecule has 1 aliphatic rings. The highest BCUT2D eigenvalue weighted by atomic mass is 35.5. The molecule has 1 aromatic carbocycles. The molecule has 2 unspecified atom stereocenters. The quantitative estimate of drug-likeness (QED) is 0.850. The monoisotopic (exact) mass is 294 g/mol. The number of para-hydroxylation sites is 1. The van der Waals surface area contributed by atoms with Gasteiger partial charge < -0.3 is 10.6 Å². The number of nitrogens with zero attached hydrogens (tertiary/aromatic N) is 1. The van der Waals surface area contributed by atoms with Gasteiger partial charge in [0.1, 0.15) is 0 Å². The summed E-state index contributed by atoms with van der Waals surface area (Å²) in [5.41, 5.74) is 8.68. The molecule has 0 spiro atoms. The maximum Gasteiger partial charge on any atom is 0.0642 e. The maximum atomic E-state index is 6.48. The van der Waals surface area contributed by atoms with Crippen molar-refractivity contribution in [2.75, 3.05) is 18.0 Å². The standard InChI is InChI=1S/C17H27ClN2/c1-3-6-13-9-10-20(12-13)17-14(11-15(19)4-2)7-5-8-16(17)18/h5,7-8,13,15H,3-4,6,9-12,19H2,1-2H3. The molecule has 2 nitrogen and oxygen atoms in total. The summed E-state index contributed by atoms with van der Waals surface area (Å²) < 4.78 is 0. The van der Waals surface area contributed by atoms with Crippen LogP contribution in [0, 0.1) is 5.92 Å². The SMILES string of the molecule is CCCC1CCN(c2c(Cl)cccc2CC(N)CC)C1. The van der Waals surface area contributed by atoms with Gasteiger partial charge in [0, 0.05) is 19.1 Å². The average Bonchev–Trinajstić information content (AvgIpc) is 2.87. The molecule has 0 radical (unpaired) electrons. The fourth-order valence-corrected chi connectivity index (χ4v) is 3.50. The van der Waals surface area contributed by atoms with Crippen molar-refractivity contribution in [3.63, 3.8) is 0 Å². The Morgan fingerprint density at radius 1 is 1.40 bits per heavy atom. The van der Waals surface area contributed by atoms with E-state index in [2.05, 4.69) is 24.8 Å². The Morgan fingerprint density at radius 2 is 2.20 bits per heavy atom. The van der Waals surface area contributed by atoms with Gasteiger partial charge in [0.15, 0.2) is 0 Å². The van der Waals surface area contributed by atoms with E-state index in [4.69, 9.17) is 17.3 Å². The molecule has 1 fully saturated rings. The highest BCUT2D eigenvalue weighted by molar-refractivity contribution is 6.33. The molecule has 2 atom stereocenters. The predicted octanol–water partition coefficient (Wildman–Crippen LogP) is 4.25. The van der Waals surface area contributed by atoms with E-state index in [-0.39, 0.29) is 6.04 Å². The molecule has 0 amide bonds. The van der Waals surface area contributed by atoms with Gasteiger partial charge >= 0.3 is 0 Å². The minimum atomic E-state index is 0.223. The second-order valence-corrected chi connectivity index (χ2v) is 6.42. The van der Waals surface area contributed by atoms with Crippen LogP contribution in [-0.4, -0.2) is 19.1 Å². The van der Waals surface area contributed by atoms with Crippen molar-refractivity contribution in [3.8, 4) is 0 Å². The minimum absolute atomic E-state index is 0.223. The molecule has 3 heteroatoms. The van der Waals surface area contributed by atoms with Crippen molar-refractivity contribution in [2.45, 2.75) is 52.0 Å². The molecule has 1 aliphatic heterocycles. The van der Waals surface area contributed by atoms with Crippen LogP contribution < -0.4 is 10.6 Å². The molecule has 1 saturated heterocycles. The molecule has 112 valence electrons. The zero-order valence-corrected chi connectivity index (χ0v) is 13.5. The average molecular weight is 295 g/mol. The van der Waals surface area contributed by atoms with Crippen LogP contribution in [0.2, 0.25) is 5.02 Å². The summed E-state index contributed by atoms with van der Waals surface area (Å²) in [6.45, 7) is 6.68. The van der Waals surface area contributed by atoms with Gasteiger partial charge in [0.25, 0.3) is 0 Å². The van der Waals surface area contributed by atoms with Crippen molar-refractivity contribution in [3.05, 3.63) is 28.8 Å². The lowest BCUT2D eigenvalue weighted by molar-refractivity contribution is 0.529. The first kappa shape index (κ1) is 15.7. The Morgan fingerprint density at radius 3 is 2.90 bits per heavy atom. The van der Waals surface area contributed by atoms with Crippen molar-refractivity contribution < 1.29 is 0 Å². The van der Waals surface area contributed by atoms with E-state index >= 15 is 0 Å². The highest BCUT2D eigenvalue weighted by Gasteiger charge is 2.25. The van der Waals surface area contributed by atoms with E-state index < -0.39 is 0 Å². The normalized spacial score (nSPS) is 20.4. The summed E-state index contributed by atoms with van der Waals surface area (Å²) in [5.74, 6) is 0.823. The molecule has 0 aromatic heterocycles. The Bertz CT molecular complexity index is 433. The number of benzene rings is 1. The summed E-state index contributed by atoms with van der Waals surface area (Å²) >= 11 is 6.48. The Hall–Kier alpha value is -0.730. The molecule has 2 rings (SSSR count). The van der Waals surface area contributed by atoms with Crippen molar-refractivity contribution in [1.82, 2.24) is 0 Å². The summed E-state index contributed by atoms with van der Waals surface area (Å²) in [4.78, 5) is 2.47. The van der Waals surface area contributed by atoms with Crippen LogP contribution in [-0.2, 0) is 6.42 Å². The van der Waals surface area contributed by atoms with E-state index in [9.17, 15) is 0 Å². The third-order valence-electron chi connectivity index (χ3n) is 4.38. The summed E-state index contributed by atoms with van der Waals surface area (Å²) in [5, 5.41) is 0.878. The van der Waals surface area contributed by atoms with Crippen LogP contribution in [0.5, 0.6) is 0 Å². The Kier molecular flexibility index (Phi) is 5.74. The lowest BCUT2D eigenvalue weighted by Gasteiger charge is -2.24. The van der Waals surface area contributed by atoms with Gasteiger partial charge in [-0.15, -0.1) is 0 Å². The lowest BCUT2D eigenvalue weighted by Crippen LogP contribution is -2.25.